The van der Waals surface area contributed by atoms with E-state index >= 15 is 0 Å². The van der Waals surface area contributed by atoms with Crippen LogP contribution in [0.1, 0.15) is 6.92 Å². The number of fused-ring (bicyclic) bond motifs is 1. The molecular formula is C16H14F3N3O3S2. The molecule has 0 radical (unpaired) electrons. The number of oxazole rings is 1. The lowest BCUT2D eigenvalue weighted by Crippen LogP contribution is -2.08. The van der Waals surface area contributed by atoms with E-state index in [4.69, 9.17) is 4.42 Å². The maximum absolute atomic E-state index is 12.5. The summed E-state index contributed by atoms with van der Waals surface area (Å²) in [7, 11) is -2.01. The van der Waals surface area contributed by atoms with Crippen molar-refractivity contribution < 1.29 is 26.0 Å². The molecule has 0 atom stereocenters. The summed E-state index contributed by atoms with van der Waals surface area (Å²) in [5, 5.41) is 2.81. The molecule has 0 amide bonds. The van der Waals surface area contributed by atoms with Crippen LogP contribution < -0.4 is 5.32 Å². The first-order valence-electron chi connectivity index (χ1n) is 7.70. The van der Waals surface area contributed by atoms with Crippen molar-refractivity contribution in [2.75, 3.05) is 18.1 Å². The lowest BCUT2D eigenvalue weighted by atomic mass is 10.3. The number of aromatic nitrogens is 2. The Morgan fingerprint density at radius 1 is 1.26 bits per heavy atom. The number of anilines is 1. The second kappa shape index (κ2) is 7.04. The zero-order chi connectivity index (χ0) is 19.8. The molecule has 0 aliphatic heterocycles. The van der Waals surface area contributed by atoms with Crippen molar-refractivity contribution in [1.82, 2.24) is 9.97 Å². The van der Waals surface area contributed by atoms with Gasteiger partial charge >= 0.3 is 5.51 Å². The molecule has 0 fully saturated rings. The average molecular weight is 417 g/mol. The normalized spacial score (nSPS) is 12.5. The van der Waals surface area contributed by atoms with Crippen molar-refractivity contribution >= 4 is 38.4 Å². The maximum Gasteiger partial charge on any atom is 0.446 e. The molecular weight excluding hydrogens is 403 g/mol. The van der Waals surface area contributed by atoms with Gasteiger partial charge in [0.15, 0.2) is 15.4 Å². The van der Waals surface area contributed by atoms with Crippen molar-refractivity contribution in [3.8, 4) is 11.6 Å². The fourth-order valence-electron chi connectivity index (χ4n) is 2.34. The third kappa shape index (κ3) is 4.19. The zero-order valence-corrected chi connectivity index (χ0v) is 15.8. The van der Waals surface area contributed by atoms with E-state index in [9.17, 15) is 21.6 Å². The smallest absolute Gasteiger partial charge is 0.435 e. The highest BCUT2D eigenvalue weighted by atomic mass is 32.2. The number of alkyl halides is 3. The Kier molecular flexibility index (Phi) is 5.08. The van der Waals surface area contributed by atoms with Gasteiger partial charge in [0.2, 0.25) is 5.89 Å². The fourth-order valence-corrected chi connectivity index (χ4v) is 3.97. The van der Waals surface area contributed by atoms with Crippen LogP contribution in [0.2, 0.25) is 0 Å². The molecule has 0 saturated heterocycles. The topological polar surface area (TPSA) is 85.1 Å². The molecule has 3 aromatic rings. The molecule has 3 rings (SSSR count). The molecule has 0 aliphatic rings. The van der Waals surface area contributed by atoms with Crippen LogP contribution in [0.5, 0.6) is 0 Å². The molecule has 6 nitrogen and oxygen atoms in total. The molecule has 27 heavy (non-hydrogen) atoms. The second-order valence-electron chi connectivity index (χ2n) is 5.42. The van der Waals surface area contributed by atoms with Gasteiger partial charge in [-0.05, 0) is 36.0 Å². The molecule has 2 aromatic heterocycles. The Labute approximate surface area is 157 Å². The highest BCUT2D eigenvalue weighted by Gasteiger charge is 2.29. The molecule has 0 spiro atoms. The predicted molar refractivity (Wildman–Crippen MR) is 96.4 cm³/mol. The summed E-state index contributed by atoms with van der Waals surface area (Å²) in [5.41, 5.74) is -3.51. The van der Waals surface area contributed by atoms with E-state index in [0.29, 0.717) is 5.69 Å². The maximum atomic E-state index is 12.5. The number of hydrogen-bond donors (Lipinski definition) is 1. The first kappa shape index (κ1) is 19.5. The van der Waals surface area contributed by atoms with Crippen molar-refractivity contribution in [3.63, 3.8) is 0 Å². The molecule has 0 aliphatic carbocycles. The van der Waals surface area contributed by atoms with Crippen LogP contribution in [0, 0.1) is 0 Å². The van der Waals surface area contributed by atoms with Crippen LogP contribution in [0.4, 0.5) is 18.9 Å². The molecule has 144 valence electrons. The summed E-state index contributed by atoms with van der Waals surface area (Å²) in [4.78, 5) is 8.16. The molecule has 1 N–H and O–H groups in total. The van der Waals surface area contributed by atoms with Crippen LogP contribution in [-0.2, 0) is 9.84 Å². The zero-order valence-electron chi connectivity index (χ0n) is 14.2. The lowest BCUT2D eigenvalue weighted by Gasteiger charge is -2.08. The van der Waals surface area contributed by atoms with Gasteiger partial charge in [0.25, 0.3) is 0 Å². The first-order chi connectivity index (χ1) is 12.6. The van der Waals surface area contributed by atoms with Crippen LogP contribution >= 0.6 is 11.8 Å². The molecule has 0 bridgehead atoms. The minimum absolute atomic E-state index is 0.0112. The van der Waals surface area contributed by atoms with E-state index in [2.05, 4.69) is 15.3 Å². The number of hydrogen-bond acceptors (Lipinski definition) is 7. The van der Waals surface area contributed by atoms with Gasteiger partial charge in [0.1, 0.15) is 16.1 Å². The van der Waals surface area contributed by atoms with Crippen molar-refractivity contribution in [2.45, 2.75) is 22.2 Å². The van der Waals surface area contributed by atoms with Gasteiger partial charge in [-0.15, -0.1) is 0 Å². The first-order valence-corrected chi connectivity index (χ1v) is 10.2. The van der Waals surface area contributed by atoms with E-state index in [0.717, 1.165) is 0 Å². The number of halogens is 3. The van der Waals surface area contributed by atoms with Gasteiger partial charge in [0.05, 0.1) is 17.6 Å². The van der Waals surface area contributed by atoms with Gasteiger partial charge in [-0.2, -0.15) is 13.2 Å². The monoisotopic (exact) mass is 417 g/mol. The van der Waals surface area contributed by atoms with Crippen molar-refractivity contribution in [2.24, 2.45) is 0 Å². The minimum atomic E-state index is -4.42. The molecule has 11 heteroatoms. The van der Waals surface area contributed by atoms with Crippen molar-refractivity contribution in [3.05, 3.63) is 30.5 Å². The largest absolute Gasteiger partial charge is 0.446 e. The molecule has 0 unspecified atom stereocenters. The number of rotatable bonds is 5. The van der Waals surface area contributed by atoms with Gasteiger partial charge in [-0.25, -0.2) is 18.4 Å². The van der Waals surface area contributed by atoms with Crippen molar-refractivity contribution in [1.29, 1.82) is 0 Å². The van der Waals surface area contributed by atoms with Gasteiger partial charge in [0, 0.05) is 11.9 Å². The van der Waals surface area contributed by atoms with E-state index in [1.807, 2.05) is 0 Å². The van der Waals surface area contributed by atoms with Gasteiger partial charge in [-0.1, -0.05) is 6.92 Å². The van der Waals surface area contributed by atoms with Crippen LogP contribution in [0.15, 0.2) is 44.7 Å². The number of benzene rings is 1. The van der Waals surface area contributed by atoms with Gasteiger partial charge < -0.3 is 9.73 Å². The van der Waals surface area contributed by atoms with Crippen LogP contribution in [0.3, 0.4) is 0 Å². The summed E-state index contributed by atoms with van der Waals surface area (Å²) in [6, 6.07) is 5.27. The average Bonchev–Trinajstić information content (AvgIpc) is 3.02. The fraction of sp³-hybridized carbons (Fsp3) is 0.250. The van der Waals surface area contributed by atoms with E-state index in [-0.39, 0.29) is 50.0 Å². The van der Waals surface area contributed by atoms with Crippen LogP contribution in [-0.4, -0.2) is 36.7 Å². The summed E-state index contributed by atoms with van der Waals surface area (Å²) in [6.45, 7) is 1.50. The number of sulfone groups is 1. The summed E-state index contributed by atoms with van der Waals surface area (Å²) in [6.07, 6.45) is 1.42. The third-order valence-corrected chi connectivity index (χ3v) is 6.11. The molecule has 0 saturated carbocycles. The number of pyridine rings is 1. The summed E-state index contributed by atoms with van der Waals surface area (Å²) < 4.78 is 68.0. The Balaban J connectivity index is 2.12. The number of nitrogens with one attached hydrogen (secondary N) is 1. The van der Waals surface area contributed by atoms with E-state index in [1.165, 1.54) is 37.4 Å². The second-order valence-corrected chi connectivity index (χ2v) is 8.81. The van der Waals surface area contributed by atoms with Gasteiger partial charge in [-0.3, -0.25) is 0 Å². The SMILES string of the molecule is CCS(=O)(=O)c1cc(NC)cnc1-c1nc2cc(SC(F)(F)F)ccc2o1. The quantitative estimate of drug-likeness (QED) is 0.618. The Morgan fingerprint density at radius 3 is 2.63 bits per heavy atom. The molecule has 1 aromatic carbocycles. The third-order valence-electron chi connectivity index (χ3n) is 3.65. The lowest BCUT2D eigenvalue weighted by molar-refractivity contribution is -0.0328. The number of thioether (sulfide) groups is 1. The summed E-state index contributed by atoms with van der Waals surface area (Å²) in [5.74, 6) is -0.226. The Hall–Kier alpha value is -2.27. The summed E-state index contributed by atoms with van der Waals surface area (Å²) >= 11 is -0.265. The predicted octanol–water partition coefficient (Wildman–Crippen LogP) is 4.34. The minimum Gasteiger partial charge on any atom is -0.435 e. The van der Waals surface area contributed by atoms with Crippen LogP contribution in [0.25, 0.3) is 22.7 Å². The van der Waals surface area contributed by atoms with E-state index < -0.39 is 15.3 Å². The number of nitrogens with zero attached hydrogens (tertiary/aromatic N) is 2. The highest BCUT2D eigenvalue weighted by Crippen LogP contribution is 2.38. The Bertz CT molecular complexity index is 1100. The highest BCUT2D eigenvalue weighted by molar-refractivity contribution is 8.00. The Morgan fingerprint density at radius 2 is 2.00 bits per heavy atom. The molecule has 2 heterocycles. The van der Waals surface area contributed by atoms with E-state index in [1.54, 1.807) is 7.05 Å². The standard InChI is InChI=1S/C16H14F3N3O3S2/c1-3-27(23,24)13-6-9(20-2)8-21-14(13)15-22-11-7-10(26-16(17,18)19)4-5-12(11)25-15/h4-8,20H,3H2,1-2H3.